The Bertz CT molecular complexity index is 679. The summed E-state index contributed by atoms with van der Waals surface area (Å²) in [5, 5.41) is 11.8. The van der Waals surface area contributed by atoms with Gasteiger partial charge in [0.2, 0.25) is 0 Å². The molecule has 0 aliphatic carbocycles. The van der Waals surface area contributed by atoms with Crippen molar-refractivity contribution in [2.45, 2.75) is 19.9 Å². The third kappa shape index (κ3) is 3.03. The fourth-order valence-corrected chi connectivity index (χ4v) is 1.82. The lowest BCUT2D eigenvalue weighted by Gasteiger charge is -2.08. The van der Waals surface area contributed by atoms with Crippen molar-refractivity contribution in [2.24, 2.45) is 0 Å². The maximum absolute atomic E-state index is 12.1. The van der Waals surface area contributed by atoms with Crippen LogP contribution in [0, 0.1) is 0 Å². The number of nitrogens with one attached hydrogen (secondary N) is 1. The maximum atomic E-state index is 12.1. The summed E-state index contributed by atoms with van der Waals surface area (Å²) < 4.78 is 1.57. The number of carboxylic acid groups (broad SMARTS) is 1. The third-order valence-corrected chi connectivity index (χ3v) is 2.75. The minimum atomic E-state index is -1.02. The number of aryl methyl sites for hydroxylation is 1. The number of hydrogen-bond donors (Lipinski definition) is 2. The van der Waals surface area contributed by atoms with Crippen LogP contribution in [0.1, 0.15) is 23.7 Å². The average Bonchev–Trinajstić information content (AvgIpc) is 2.44. The molecule has 0 atom stereocenters. The molecule has 0 saturated heterocycles. The Morgan fingerprint density at radius 3 is 2.95 bits per heavy atom. The van der Waals surface area contributed by atoms with E-state index >= 15 is 0 Å². The first kappa shape index (κ1) is 13.8. The van der Waals surface area contributed by atoms with Crippen LogP contribution >= 0.6 is 0 Å². The number of carboxylic acids is 1. The van der Waals surface area contributed by atoms with Crippen LogP contribution in [0.4, 0.5) is 11.5 Å². The Balaban J connectivity index is 2.30. The van der Waals surface area contributed by atoms with Crippen LogP contribution in [0.25, 0.3) is 0 Å². The van der Waals surface area contributed by atoms with Gasteiger partial charge in [-0.3, -0.25) is 4.79 Å². The molecule has 2 N–H and O–H groups in total. The molecule has 0 radical (unpaired) electrons. The van der Waals surface area contributed by atoms with Gasteiger partial charge < -0.3 is 15.0 Å². The van der Waals surface area contributed by atoms with Crippen molar-refractivity contribution in [1.82, 2.24) is 9.55 Å². The normalized spacial score (nSPS) is 10.2. The van der Waals surface area contributed by atoms with E-state index in [-0.39, 0.29) is 16.9 Å². The fourth-order valence-electron chi connectivity index (χ4n) is 1.82. The second-order valence-electron chi connectivity index (χ2n) is 4.29. The molecule has 0 aliphatic heterocycles. The van der Waals surface area contributed by atoms with Gasteiger partial charge in [0.15, 0.2) is 5.82 Å². The fraction of sp³-hybridized carbons (Fsp3) is 0.214. The second kappa shape index (κ2) is 6.01. The highest BCUT2D eigenvalue weighted by Crippen LogP contribution is 2.13. The van der Waals surface area contributed by atoms with Gasteiger partial charge in [-0.05, 0) is 24.6 Å². The summed E-state index contributed by atoms with van der Waals surface area (Å²) in [6.07, 6.45) is 4.02. The van der Waals surface area contributed by atoms with Crippen LogP contribution in [0.15, 0.2) is 41.5 Å². The number of aromatic carboxylic acids is 1. The molecule has 20 heavy (non-hydrogen) atoms. The van der Waals surface area contributed by atoms with Gasteiger partial charge in [0, 0.05) is 24.6 Å². The SMILES string of the molecule is CCCn1ccnc(Nc2cccc(C(=O)O)c2)c1=O. The average molecular weight is 273 g/mol. The molecular formula is C14H15N3O3. The molecule has 1 heterocycles. The van der Waals surface area contributed by atoms with Crippen LogP contribution < -0.4 is 10.9 Å². The molecule has 0 spiro atoms. The standard InChI is InChI=1S/C14H15N3O3/c1-2-7-17-8-6-15-12(13(17)18)16-11-5-3-4-10(9-11)14(19)20/h3-6,8-9H,2,7H2,1H3,(H,15,16)(H,19,20). The summed E-state index contributed by atoms with van der Waals surface area (Å²) in [5.74, 6) is -0.832. The number of nitrogens with zero attached hydrogens (tertiary/aromatic N) is 2. The zero-order chi connectivity index (χ0) is 14.5. The highest BCUT2D eigenvalue weighted by molar-refractivity contribution is 5.89. The minimum absolute atomic E-state index is 0.153. The van der Waals surface area contributed by atoms with Gasteiger partial charge in [-0.25, -0.2) is 9.78 Å². The first-order chi connectivity index (χ1) is 9.61. The van der Waals surface area contributed by atoms with E-state index in [1.807, 2.05) is 6.92 Å². The van der Waals surface area contributed by atoms with Crippen molar-refractivity contribution in [3.63, 3.8) is 0 Å². The molecule has 0 fully saturated rings. The topological polar surface area (TPSA) is 84.2 Å². The smallest absolute Gasteiger partial charge is 0.335 e. The zero-order valence-corrected chi connectivity index (χ0v) is 11.0. The number of benzene rings is 1. The van der Waals surface area contributed by atoms with Crippen LogP contribution in [-0.4, -0.2) is 20.6 Å². The van der Waals surface area contributed by atoms with Gasteiger partial charge in [-0.2, -0.15) is 0 Å². The molecule has 104 valence electrons. The predicted molar refractivity (Wildman–Crippen MR) is 75.5 cm³/mol. The van der Waals surface area contributed by atoms with Crippen molar-refractivity contribution < 1.29 is 9.90 Å². The Labute approximate surface area is 115 Å². The highest BCUT2D eigenvalue weighted by Gasteiger charge is 2.07. The molecule has 6 heteroatoms. The van der Waals surface area contributed by atoms with Gasteiger partial charge in [0.05, 0.1) is 5.56 Å². The number of rotatable bonds is 5. The Kier molecular flexibility index (Phi) is 4.14. The third-order valence-electron chi connectivity index (χ3n) is 2.75. The van der Waals surface area contributed by atoms with Crippen LogP contribution in [-0.2, 0) is 6.54 Å². The molecule has 0 bridgehead atoms. The molecule has 2 aromatic rings. The Morgan fingerprint density at radius 2 is 2.25 bits per heavy atom. The molecule has 6 nitrogen and oxygen atoms in total. The van der Waals surface area contributed by atoms with Crippen LogP contribution in [0.3, 0.4) is 0 Å². The van der Waals surface area contributed by atoms with Crippen LogP contribution in [0.5, 0.6) is 0 Å². The zero-order valence-electron chi connectivity index (χ0n) is 11.0. The van der Waals surface area contributed by atoms with Crippen molar-refractivity contribution in [2.75, 3.05) is 5.32 Å². The van der Waals surface area contributed by atoms with Crippen molar-refractivity contribution >= 4 is 17.5 Å². The molecule has 1 aromatic carbocycles. The molecule has 2 rings (SSSR count). The summed E-state index contributed by atoms with van der Waals surface area (Å²) >= 11 is 0. The Morgan fingerprint density at radius 1 is 1.45 bits per heavy atom. The van der Waals surface area contributed by atoms with E-state index in [0.717, 1.165) is 6.42 Å². The highest BCUT2D eigenvalue weighted by atomic mass is 16.4. The summed E-state index contributed by atoms with van der Waals surface area (Å²) in [5.41, 5.74) is 0.443. The van der Waals surface area contributed by atoms with Gasteiger partial charge in [0.25, 0.3) is 5.56 Å². The maximum Gasteiger partial charge on any atom is 0.335 e. The van der Waals surface area contributed by atoms with E-state index in [0.29, 0.717) is 12.2 Å². The predicted octanol–water partition coefficient (Wildman–Crippen LogP) is 2.10. The van der Waals surface area contributed by atoms with E-state index in [2.05, 4.69) is 10.3 Å². The van der Waals surface area contributed by atoms with Crippen molar-refractivity contribution in [3.8, 4) is 0 Å². The monoisotopic (exact) mass is 273 g/mol. The molecular weight excluding hydrogens is 258 g/mol. The number of carbonyl (C=O) groups is 1. The quantitative estimate of drug-likeness (QED) is 0.871. The van der Waals surface area contributed by atoms with E-state index in [1.165, 1.54) is 12.1 Å². The second-order valence-corrected chi connectivity index (χ2v) is 4.29. The summed E-state index contributed by atoms with van der Waals surface area (Å²) in [7, 11) is 0. The molecule has 1 aromatic heterocycles. The van der Waals surface area contributed by atoms with Crippen molar-refractivity contribution in [1.29, 1.82) is 0 Å². The van der Waals surface area contributed by atoms with Crippen LogP contribution in [0.2, 0.25) is 0 Å². The summed E-state index contributed by atoms with van der Waals surface area (Å²) in [6, 6.07) is 6.24. The minimum Gasteiger partial charge on any atom is -0.478 e. The molecule has 0 amide bonds. The summed E-state index contributed by atoms with van der Waals surface area (Å²) in [4.78, 5) is 27.0. The number of aromatic nitrogens is 2. The lowest BCUT2D eigenvalue weighted by molar-refractivity contribution is 0.0697. The van der Waals surface area contributed by atoms with E-state index in [4.69, 9.17) is 5.11 Å². The van der Waals surface area contributed by atoms with Crippen molar-refractivity contribution in [3.05, 3.63) is 52.6 Å². The largest absolute Gasteiger partial charge is 0.478 e. The number of hydrogen-bond acceptors (Lipinski definition) is 4. The summed E-state index contributed by atoms with van der Waals surface area (Å²) in [6.45, 7) is 2.60. The van der Waals surface area contributed by atoms with E-state index < -0.39 is 5.97 Å². The molecule has 0 saturated carbocycles. The van der Waals surface area contributed by atoms with E-state index in [1.54, 1.807) is 29.1 Å². The van der Waals surface area contributed by atoms with Gasteiger partial charge in [-0.1, -0.05) is 13.0 Å². The number of anilines is 2. The lowest BCUT2D eigenvalue weighted by Crippen LogP contribution is -2.23. The first-order valence-corrected chi connectivity index (χ1v) is 6.27. The lowest BCUT2D eigenvalue weighted by atomic mass is 10.2. The van der Waals surface area contributed by atoms with Gasteiger partial charge in [-0.15, -0.1) is 0 Å². The Hall–Kier alpha value is -2.63. The van der Waals surface area contributed by atoms with E-state index in [9.17, 15) is 9.59 Å². The molecule has 0 unspecified atom stereocenters. The first-order valence-electron chi connectivity index (χ1n) is 6.27. The van der Waals surface area contributed by atoms with Gasteiger partial charge in [0.1, 0.15) is 0 Å². The molecule has 0 aliphatic rings. The van der Waals surface area contributed by atoms with Gasteiger partial charge >= 0.3 is 5.97 Å².